The first-order chi connectivity index (χ1) is 11.3. The van der Waals surface area contributed by atoms with E-state index < -0.39 is 0 Å². The fraction of sp³-hybridized carbons (Fsp3) is 0.333. The molecule has 3 rings (SSSR count). The lowest BCUT2D eigenvalue weighted by Gasteiger charge is -2.10. The Morgan fingerprint density at radius 1 is 1.26 bits per heavy atom. The van der Waals surface area contributed by atoms with Gasteiger partial charge in [-0.3, -0.25) is 9.39 Å². The van der Waals surface area contributed by atoms with E-state index in [1.807, 2.05) is 28.8 Å². The van der Waals surface area contributed by atoms with Gasteiger partial charge < -0.3 is 10.6 Å². The van der Waals surface area contributed by atoms with Gasteiger partial charge in [0.2, 0.25) is 0 Å². The van der Waals surface area contributed by atoms with Gasteiger partial charge in [0.05, 0.1) is 23.8 Å². The van der Waals surface area contributed by atoms with Crippen molar-refractivity contribution in [3.63, 3.8) is 0 Å². The van der Waals surface area contributed by atoms with Crippen LogP contribution in [-0.2, 0) is 19.5 Å². The molecular weight excluding hydrogens is 310 g/mol. The third-order valence-corrected chi connectivity index (χ3v) is 4.40. The second kappa shape index (κ2) is 7.19. The zero-order valence-electron chi connectivity index (χ0n) is 13.2. The largest absolute Gasteiger partial charge is 0.351 e. The highest BCUT2D eigenvalue weighted by molar-refractivity contribution is 7.09. The SMILES string of the molecule is CCc1nc(CNC(=NC)NCc2nnc3ccccn23)cs1. The first kappa shape index (κ1) is 15.4. The first-order valence-corrected chi connectivity index (χ1v) is 8.34. The number of aliphatic imine (C=N–C) groups is 1. The molecule has 0 spiro atoms. The third-order valence-electron chi connectivity index (χ3n) is 3.36. The fourth-order valence-electron chi connectivity index (χ4n) is 2.16. The van der Waals surface area contributed by atoms with Crippen LogP contribution in [0.3, 0.4) is 0 Å². The summed E-state index contributed by atoms with van der Waals surface area (Å²) < 4.78 is 1.95. The van der Waals surface area contributed by atoms with E-state index in [0.717, 1.165) is 28.6 Å². The van der Waals surface area contributed by atoms with Crippen LogP contribution in [-0.4, -0.2) is 32.6 Å². The Balaban J connectivity index is 1.57. The predicted molar refractivity (Wildman–Crippen MR) is 91.5 cm³/mol. The highest BCUT2D eigenvalue weighted by Crippen LogP contribution is 2.09. The number of pyridine rings is 1. The molecule has 0 saturated heterocycles. The summed E-state index contributed by atoms with van der Waals surface area (Å²) in [6, 6.07) is 5.83. The van der Waals surface area contributed by atoms with Gasteiger partial charge >= 0.3 is 0 Å². The summed E-state index contributed by atoms with van der Waals surface area (Å²) in [5, 5.41) is 18.1. The number of thiazole rings is 1. The van der Waals surface area contributed by atoms with Gasteiger partial charge in [-0.05, 0) is 18.6 Å². The lowest BCUT2D eigenvalue weighted by atomic mass is 10.4. The minimum atomic E-state index is 0.544. The molecule has 3 heterocycles. The van der Waals surface area contributed by atoms with Gasteiger partial charge in [0.1, 0.15) is 0 Å². The van der Waals surface area contributed by atoms with Gasteiger partial charge in [0, 0.05) is 18.6 Å². The van der Waals surface area contributed by atoms with E-state index in [1.54, 1.807) is 18.4 Å². The highest BCUT2D eigenvalue weighted by atomic mass is 32.1. The summed E-state index contributed by atoms with van der Waals surface area (Å²) in [5.41, 5.74) is 1.87. The van der Waals surface area contributed by atoms with E-state index in [4.69, 9.17) is 0 Å². The van der Waals surface area contributed by atoms with E-state index in [2.05, 4.69) is 43.1 Å². The number of nitrogens with one attached hydrogen (secondary N) is 2. The van der Waals surface area contributed by atoms with Crippen molar-refractivity contribution in [3.05, 3.63) is 46.3 Å². The van der Waals surface area contributed by atoms with E-state index in [-0.39, 0.29) is 0 Å². The molecule has 0 fully saturated rings. The van der Waals surface area contributed by atoms with Crippen LogP contribution in [0, 0.1) is 0 Å². The molecule has 0 aliphatic carbocycles. The van der Waals surface area contributed by atoms with Gasteiger partial charge in [-0.15, -0.1) is 21.5 Å². The summed E-state index contributed by atoms with van der Waals surface area (Å²) >= 11 is 1.69. The number of nitrogens with zero attached hydrogens (tertiary/aromatic N) is 5. The van der Waals surface area contributed by atoms with E-state index >= 15 is 0 Å². The number of fused-ring (bicyclic) bond motifs is 1. The Labute approximate surface area is 138 Å². The highest BCUT2D eigenvalue weighted by Gasteiger charge is 2.06. The maximum absolute atomic E-state index is 4.53. The summed E-state index contributed by atoms with van der Waals surface area (Å²) in [6.07, 6.45) is 2.92. The Bertz CT molecular complexity index is 805. The van der Waals surface area contributed by atoms with Crippen LogP contribution in [0.5, 0.6) is 0 Å². The molecule has 23 heavy (non-hydrogen) atoms. The normalized spacial score (nSPS) is 11.8. The molecule has 0 saturated carbocycles. The van der Waals surface area contributed by atoms with Crippen molar-refractivity contribution in [2.24, 2.45) is 4.99 Å². The van der Waals surface area contributed by atoms with E-state index in [1.165, 1.54) is 0 Å². The predicted octanol–water partition coefficient (Wildman–Crippen LogP) is 1.61. The molecule has 0 aromatic carbocycles. The number of hydrogen-bond acceptors (Lipinski definition) is 5. The molecule has 3 aromatic rings. The van der Waals surface area contributed by atoms with E-state index in [9.17, 15) is 0 Å². The minimum Gasteiger partial charge on any atom is -0.351 e. The molecule has 0 bridgehead atoms. The molecule has 120 valence electrons. The molecule has 0 unspecified atom stereocenters. The zero-order valence-corrected chi connectivity index (χ0v) is 14.0. The van der Waals surface area contributed by atoms with Crippen molar-refractivity contribution in [1.82, 2.24) is 30.2 Å². The van der Waals surface area contributed by atoms with Crippen LogP contribution < -0.4 is 10.6 Å². The van der Waals surface area contributed by atoms with Gasteiger partial charge in [-0.25, -0.2) is 4.98 Å². The van der Waals surface area contributed by atoms with Crippen molar-refractivity contribution in [1.29, 1.82) is 0 Å². The second-order valence-corrected chi connectivity index (χ2v) is 5.85. The quantitative estimate of drug-likeness (QED) is 0.549. The lowest BCUT2D eigenvalue weighted by molar-refractivity contribution is 0.756. The number of aromatic nitrogens is 4. The van der Waals surface area contributed by atoms with Crippen LogP contribution in [0.25, 0.3) is 5.65 Å². The average Bonchev–Trinajstić information content (AvgIpc) is 3.22. The molecule has 0 aliphatic rings. The lowest BCUT2D eigenvalue weighted by Crippen LogP contribution is -2.36. The molecule has 8 heteroatoms. The average molecular weight is 329 g/mol. The molecule has 2 N–H and O–H groups in total. The standard InChI is InChI=1S/C15H19N7S/c1-3-14-19-11(10-23-14)8-17-15(16-2)18-9-13-21-20-12-6-4-5-7-22(12)13/h4-7,10H,3,8-9H2,1-2H3,(H2,16,17,18). The fourth-order valence-corrected chi connectivity index (χ4v) is 2.91. The summed E-state index contributed by atoms with van der Waals surface area (Å²) in [5.74, 6) is 1.55. The van der Waals surface area contributed by atoms with Crippen LogP contribution in [0.2, 0.25) is 0 Å². The molecule has 0 atom stereocenters. The number of aryl methyl sites for hydroxylation is 1. The summed E-state index contributed by atoms with van der Waals surface area (Å²) in [4.78, 5) is 8.75. The van der Waals surface area contributed by atoms with E-state index in [0.29, 0.717) is 19.0 Å². The van der Waals surface area contributed by atoms with Crippen molar-refractivity contribution in [2.45, 2.75) is 26.4 Å². The Morgan fingerprint density at radius 3 is 2.91 bits per heavy atom. The summed E-state index contributed by atoms with van der Waals surface area (Å²) in [6.45, 7) is 3.30. The van der Waals surface area contributed by atoms with Gasteiger partial charge in [0.15, 0.2) is 17.4 Å². The summed E-state index contributed by atoms with van der Waals surface area (Å²) in [7, 11) is 1.75. The zero-order chi connectivity index (χ0) is 16.1. The number of guanidine groups is 1. The third kappa shape index (κ3) is 3.65. The molecule has 3 aromatic heterocycles. The Hall–Kier alpha value is -2.48. The van der Waals surface area contributed by atoms with Gasteiger partial charge in [-0.1, -0.05) is 13.0 Å². The Morgan fingerprint density at radius 2 is 2.13 bits per heavy atom. The van der Waals surface area contributed by atoms with Gasteiger partial charge in [-0.2, -0.15) is 0 Å². The van der Waals surface area contributed by atoms with Crippen molar-refractivity contribution in [2.75, 3.05) is 7.05 Å². The number of rotatable bonds is 5. The topological polar surface area (TPSA) is 79.5 Å². The van der Waals surface area contributed by atoms with Crippen molar-refractivity contribution >= 4 is 22.9 Å². The van der Waals surface area contributed by atoms with Crippen LogP contribution in [0.1, 0.15) is 23.4 Å². The smallest absolute Gasteiger partial charge is 0.191 e. The van der Waals surface area contributed by atoms with Crippen LogP contribution in [0.15, 0.2) is 34.8 Å². The molecule has 0 amide bonds. The van der Waals surface area contributed by atoms with Gasteiger partial charge in [0.25, 0.3) is 0 Å². The Kier molecular flexibility index (Phi) is 4.82. The minimum absolute atomic E-state index is 0.544. The molecule has 7 nitrogen and oxygen atoms in total. The second-order valence-electron chi connectivity index (χ2n) is 4.91. The molecular formula is C15H19N7S. The van der Waals surface area contributed by atoms with Crippen molar-refractivity contribution < 1.29 is 0 Å². The van der Waals surface area contributed by atoms with Crippen LogP contribution in [0.4, 0.5) is 0 Å². The maximum Gasteiger partial charge on any atom is 0.191 e. The first-order valence-electron chi connectivity index (χ1n) is 7.46. The van der Waals surface area contributed by atoms with Crippen molar-refractivity contribution in [3.8, 4) is 0 Å². The van der Waals surface area contributed by atoms with Crippen LogP contribution >= 0.6 is 11.3 Å². The monoisotopic (exact) mass is 329 g/mol. The maximum atomic E-state index is 4.53. The molecule has 0 radical (unpaired) electrons. The molecule has 0 aliphatic heterocycles. The number of hydrogen-bond donors (Lipinski definition) is 2.